The van der Waals surface area contributed by atoms with Gasteiger partial charge < -0.3 is 24.8 Å². The molecule has 0 bridgehead atoms. The molecule has 0 aliphatic heterocycles. The Labute approximate surface area is 219 Å². The van der Waals surface area contributed by atoms with Crippen molar-refractivity contribution >= 4 is 35.3 Å². The van der Waals surface area contributed by atoms with Gasteiger partial charge in [-0.3, -0.25) is 19.2 Å². The number of ketones is 2. The fourth-order valence-corrected chi connectivity index (χ4v) is 4.38. The predicted octanol–water partition coefficient (Wildman–Crippen LogP) is 4.49. The largest absolute Gasteiger partial charge is 0.507 e. The molecule has 0 aliphatic rings. The molecule has 9 nitrogen and oxygen atoms in total. The summed E-state index contributed by atoms with van der Waals surface area (Å²) in [6, 6.07) is 9.63. The first-order chi connectivity index (χ1) is 17.6. The van der Waals surface area contributed by atoms with Gasteiger partial charge in [-0.15, -0.1) is 11.8 Å². The minimum absolute atomic E-state index is 0.0357. The number of ether oxygens (including phenoxy) is 2. The molecule has 0 saturated carbocycles. The second-order valence-electron chi connectivity index (χ2n) is 8.39. The van der Waals surface area contributed by atoms with Gasteiger partial charge in [-0.2, -0.15) is 0 Å². The number of carbonyl (C=O) groups excluding carboxylic acids is 2. The molecule has 0 fully saturated rings. The Balaban J connectivity index is 1.83. The van der Waals surface area contributed by atoms with E-state index in [9.17, 15) is 29.4 Å². The molecule has 200 valence electrons. The van der Waals surface area contributed by atoms with Gasteiger partial charge in [0.05, 0.1) is 30.4 Å². The quantitative estimate of drug-likeness (QED) is 0.197. The number of rotatable bonds is 17. The second kappa shape index (κ2) is 14.9. The number of aromatic hydroxyl groups is 1. The van der Waals surface area contributed by atoms with Gasteiger partial charge in [-0.1, -0.05) is 13.3 Å². The number of carboxylic acid groups (broad SMARTS) is 2. The zero-order valence-electron chi connectivity index (χ0n) is 20.9. The Morgan fingerprint density at radius 2 is 1.65 bits per heavy atom. The lowest BCUT2D eigenvalue weighted by atomic mass is 10.00. The van der Waals surface area contributed by atoms with Crippen molar-refractivity contribution in [3.8, 4) is 17.2 Å². The summed E-state index contributed by atoms with van der Waals surface area (Å²) in [7, 11) is 0. The fourth-order valence-electron chi connectivity index (χ4n) is 3.54. The Kier molecular flexibility index (Phi) is 12.0. The van der Waals surface area contributed by atoms with E-state index >= 15 is 0 Å². The van der Waals surface area contributed by atoms with Crippen LogP contribution in [-0.4, -0.2) is 63.5 Å². The number of phenols is 1. The minimum Gasteiger partial charge on any atom is -0.507 e. The third kappa shape index (κ3) is 9.45. The van der Waals surface area contributed by atoms with Crippen LogP contribution in [0.2, 0.25) is 0 Å². The average molecular weight is 533 g/mol. The van der Waals surface area contributed by atoms with Crippen molar-refractivity contribution in [2.24, 2.45) is 5.92 Å². The molecule has 1 unspecified atom stereocenters. The first kappa shape index (κ1) is 29.7. The van der Waals surface area contributed by atoms with E-state index in [0.29, 0.717) is 48.7 Å². The van der Waals surface area contributed by atoms with Crippen LogP contribution in [-0.2, 0) is 16.0 Å². The normalized spacial score (nSPS) is 11.5. The molecule has 2 aromatic carbocycles. The summed E-state index contributed by atoms with van der Waals surface area (Å²) in [5.74, 6) is -2.83. The van der Waals surface area contributed by atoms with Gasteiger partial charge in [0.25, 0.3) is 0 Å². The maximum Gasteiger partial charge on any atom is 0.313 e. The SMILES string of the molecule is CCCc1c(OCCCOc2ccc(C(=O)CC(CSCC(=O)O)C(=O)O)cc2)ccc(C(C)=O)c1O. The average Bonchev–Trinajstić information content (AvgIpc) is 2.85. The van der Waals surface area contributed by atoms with Crippen LogP contribution in [0.3, 0.4) is 0 Å². The molecule has 10 heteroatoms. The number of hydrogen-bond acceptors (Lipinski definition) is 8. The van der Waals surface area contributed by atoms with Crippen LogP contribution >= 0.6 is 11.8 Å². The molecule has 0 radical (unpaired) electrons. The Morgan fingerprint density at radius 3 is 2.24 bits per heavy atom. The van der Waals surface area contributed by atoms with E-state index in [0.717, 1.165) is 18.2 Å². The molecule has 0 spiro atoms. The van der Waals surface area contributed by atoms with Gasteiger partial charge in [0.1, 0.15) is 17.2 Å². The molecule has 2 rings (SSSR count). The number of thioether (sulfide) groups is 1. The van der Waals surface area contributed by atoms with Crippen molar-refractivity contribution in [2.45, 2.75) is 39.5 Å². The number of benzene rings is 2. The second-order valence-corrected chi connectivity index (χ2v) is 9.42. The lowest BCUT2D eigenvalue weighted by Gasteiger charge is -2.15. The Bertz CT molecular complexity index is 1100. The van der Waals surface area contributed by atoms with Crippen molar-refractivity contribution < 1.29 is 44.0 Å². The van der Waals surface area contributed by atoms with Crippen molar-refractivity contribution in [1.82, 2.24) is 0 Å². The maximum atomic E-state index is 12.5. The van der Waals surface area contributed by atoms with Crippen molar-refractivity contribution in [3.05, 3.63) is 53.1 Å². The molecule has 3 N–H and O–H groups in total. The van der Waals surface area contributed by atoms with Crippen molar-refractivity contribution in [3.63, 3.8) is 0 Å². The molecule has 2 aromatic rings. The minimum atomic E-state index is -1.14. The molecule has 0 amide bonds. The van der Waals surface area contributed by atoms with E-state index in [1.807, 2.05) is 6.92 Å². The first-order valence-electron chi connectivity index (χ1n) is 11.9. The smallest absolute Gasteiger partial charge is 0.313 e. The van der Waals surface area contributed by atoms with Crippen LogP contribution in [0.5, 0.6) is 17.2 Å². The van der Waals surface area contributed by atoms with Gasteiger partial charge in [0.15, 0.2) is 11.6 Å². The van der Waals surface area contributed by atoms with Crippen LogP contribution in [0.15, 0.2) is 36.4 Å². The van der Waals surface area contributed by atoms with Crippen molar-refractivity contribution in [1.29, 1.82) is 0 Å². The fraction of sp³-hybridized carbons (Fsp3) is 0.407. The molecular formula is C27H32O9S. The van der Waals surface area contributed by atoms with Crippen LogP contribution < -0.4 is 9.47 Å². The number of carbonyl (C=O) groups is 4. The summed E-state index contributed by atoms with van der Waals surface area (Å²) in [4.78, 5) is 46.2. The van der Waals surface area contributed by atoms with Crippen molar-refractivity contribution in [2.75, 3.05) is 24.7 Å². The highest BCUT2D eigenvalue weighted by Crippen LogP contribution is 2.33. The highest BCUT2D eigenvalue weighted by molar-refractivity contribution is 7.99. The van der Waals surface area contributed by atoms with Crippen LogP contribution in [0, 0.1) is 5.92 Å². The summed E-state index contributed by atoms with van der Waals surface area (Å²) >= 11 is 0.966. The number of phenolic OH excluding ortho intramolecular Hbond substituents is 1. The van der Waals surface area contributed by atoms with Gasteiger partial charge in [0.2, 0.25) is 0 Å². The summed E-state index contributed by atoms with van der Waals surface area (Å²) in [5, 5.41) is 28.4. The van der Waals surface area contributed by atoms with Gasteiger partial charge >= 0.3 is 11.9 Å². The van der Waals surface area contributed by atoms with Gasteiger partial charge in [-0.25, -0.2) is 0 Å². The van der Waals surface area contributed by atoms with E-state index in [2.05, 4.69) is 0 Å². The molecule has 0 aromatic heterocycles. The zero-order valence-corrected chi connectivity index (χ0v) is 21.7. The standard InChI is InChI=1S/C27H32O9S/c1-3-5-22-24(11-10-21(17(2)28)26(22)32)36-13-4-12-35-20-8-6-18(7-9-20)23(29)14-19(27(33)34)15-37-16-25(30)31/h6-11,19,32H,3-5,12-16H2,1-2H3,(H,30,31)(H,33,34). The zero-order chi connectivity index (χ0) is 27.4. The van der Waals surface area contributed by atoms with Crippen LogP contribution in [0.4, 0.5) is 0 Å². The first-order valence-corrected chi connectivity index (χ1v) is 13.1. The number of Topliss-reactive ketones (excluding diaryl/α,β-unsaturated/α-hetero) is 2. The van der Waals surface area contributed by atoms with E-state index in [-0.39, 0.29) is 40.8 Å². The topological polar surface area (TPSA) is 147 Å². The summed E-state index contributed by atoms with van der Waals surface area (Å²) in [6.45, 7) is 4.06. The molecule has 37 heavy (non-hydrogen) atoms. The summed E-state index contributed by atoms with van der Waals surface area (Å²) in [5.41, 5.74) is 1.24. The third-order valence-corrected chi connectivity index (χ3v) is 6.53. The molecule has 0 saturated heterocycles. The number of hydrogen-bond donors (Lipinski definition) is 3. The maximum absolute atomic E-state index is 12.5. The molecule has 0 heterocycles. The van der Waals surface area contributed by atoms with Gasteiger partial charge in [-0.05, 0) is 49.7 Å². The Morgan fingerprint density at radius 1 is 0.973 bits per heavy atom. The van der Waals surface area contributed by atoms with E-state index < -0.39 is 17.9 Å². The molecule has 1 atom stereocenters. The Hall–Kier alpha value is -3.53. The van der Waals surface area contributed by atoms with Gasteiger partial charge in [0, 0.05) is 29.7 Å². The van der Waals surface area contributed by atoms with E-state index in [1.165, 1.54) is 6.92 Å². The predicted molar refractivity (Wildman–Crippen MR) is 139 cm³/mol. The highest BCUT2D eigenvalue weighted by Gasteiger charge is 2.22. The van der Waals surface area contributed by atoms with Crippen LogP contribution in [0.1, 0.15) is 59.4 Å². The highest BCUT2D eigenvalue weighted by atomic mass is 32.2. The number of carboxylic acids is 2. The van der Waals surface area contributed by atoms with E-state index in [1.54, 1.807) is 36.4 Å². The lowest BCUT2D eigenvalue weighted by molar-refractivity contribution is -0.141. The lowest BCUT2D eigenvalue weighted by Crippen LogP contribution is -2.21. The molecular weight excluding hydrogens is 500 g/mol. The monoisotopic (exact) mass is 532 g/mol. The molecule has 0 aliphatic carbocycles. The third-order valence-electron chi connectivity index (χ3n) is 5.44. The summed E-state index contributed by atoms with van der Waals surface area (Å²) < 4.78 is 11.5. The van der Waals surface area contributed by atoms with E-state index in [4.69, 9.17) is 14.6 Å². The number of aliphatic carboxylic acids is 2. The van der Waals surface area contributed by atoms with Crippen LogP contribution in [0.25, 0.3) is 0 Å². The summed E-state index contributed by atoms with van der Waals surface area (Å²) in [6.07, 6.45) is 1.70.